The normalized spacial score (nSPS) is 12.3. The number of carbonyl (C=O) groups is 1. The van der Waals surface area contributed by atoms with Crippen LogP contribution in [-0.4, -0.2) is 11.6 Å². The maximum atomic E-state index is 12.2. The van der Waals surface area contributed by atoms with Crippen molar-refractivity contribution in [3.63, 3.8) is 0 Å². The second kappa shape index (κ2) is 9.08. The molecule has 4 aromatic carbocycles. The minimum Gasteiger partial charge on any atom is -0.366 e. The number of halogens is 2. The van der Waals surface area contributed by atoms with Crippen LogP contribution < -0.4 is 5.73 Å². The van der Waals surface area contributed by atoms with Crippen LogP contribution in [0, 0.1) is 3.57 Å². The van der Waals surface area contributed by atoms with Crippen molar-refractivity contribution in [2.45, 2.75) is 0 Å². The molecule has 0 aromatic heterocycles. The van der Waals surface area contributed by atoms with E-state index >= 15 is 0 Å². The van der Waals surface area contributed by atoms with E-state index in [1.165, 1.54) is 11.1 Å². The van der Waals surface area contributed by atoms with E-state index in [1.54, 1.807) is 6.07 Å². The summed E-state index contributed by atoms with van der Waals surface area (Å²) in [7, 11) is 0. The summed E-state index contributed by atoms with van der Waals surface area (Å²) >= 11 is 6.08. The predicted octanol–water partition coefficient (Wildman–Crippen LogP) is 7.35. The molecule has 1 aliphatic rings. The van der Waals surface area contributed by atoms with Gasteiger partial charge in [0.2, 0.25) is 0 Å². The number of aliphatic imine (C=N–C) groups is 1. The lowest BCUT2D eigenvalue weighted by Crippen LogP contribution is -2.12. The Hall–Kier alpha value is -3.03. The first-order valence-corrected chi connectivity index (χ1v) is 12.2. The van der Waals surface area contributed by atoms with E-state index < -0.39 is 5.91 Å². The molecule has 0 heterocycles. The Morgan fingerprint density at radius 3 is 1.88 bits per heavy atom. The molecule has 2 N–H and O–H groups in total. The van der Waals surface area contributed by atoms with E-state index in [2.05, 4.69) is 87.1 Å². The van der Waals surface area contributed by atoms with Crippen LogP contribution in [0.1, 0.15) is 27.0 Å². The first-order valence-electron chi connectivity index (χ1n) is 10.4. The van der Waals surface area contributed by atoms with Crippen molar-refractivity contribution < 1.29 is 4.79 Å². The predicted molar refractivity (Wildman–Crippen MR) is 147 cm³/mol. The summed E-state index contributed by atoms with van der Waals surface area (Å²) in [4.78, 5) is 17.2. The molecule has 4 aromatic rings. The molecule has 0 saturated carbocycles. The van der Waals surface area contributed by atoms with Gasteiger partial charge in [-0.3, -0.25) is 4.79 Å². The van der Waals surface area contributed by atoms with Crippen molar-refractivity contribution in [1.82, 2.24) is 0 Å². The Kier molecular flexibility index (Phi) is 6.00. The maximum absolute atomic E-state index is 12.2. The third kappa shape index (κ3) is 4.07. The summed E-state index contributed by atoms with van der Waals surface area (Å²) < 4.78 is 1.79. The number of rotatable bonds is 4. The topological polar surface area (TPSA) is 55.5 Å². The van der Waals surface area contributed by atoms with Crippen molar-refractivity contribution >= 4 is 61.4 Å². The molecule has 1 aliphatic carbocycles. The quantitative estimate of drug-likeness (QED) is 0.169. The second-order valence-electron chi connectivity index (χ2n) is 7.63. The van der Waals surface area contributed by atoms with Gasteiger partial charge in [0, 0.05) is 14.7 Å². The van der Waals surface area contributed by atoms with Gasteiger partial charge >= 0.3 is 0 Å². The Bertz CT molecular complexity index is 1410. The summed E-state index contributed by atoms with van der Waals surface area (Å²) in [6.07, 6.45) is 0. The van der Waals surface area contributed by atoms with Crippen molar-refractivity contribution in [3.8, 4) is 11.1 Å². The minimum absolute atomic E-state index is 0.396. The highest BCUT2D eigenvalue weighted by atomic mass is 127. The van der Waals surface area contributed by atoms with Crippen LogP contribution in [0.15, 0.2) is 107 Å². The van der Waals surface area contributed by atoms with Gasteiger partial charge in [0.15, 0.2) is 0 Å². The molecule has 160 valence electrons. The smallest absolute Gasteiger partial charge is 0.250 e. The van der Waals surface area contributed by atoms with Gasteiger partial charge in [-0.25, -0.2) is 4.99 Å². The number of nitrogens with two attached hydrogens (primary N) is 1. The molecule has 0 unspecified atom stereocenters. The molecule has 0 radical (unpaired) electrons. The summed E-state index contributed by atoms with van der Waals surface area (Å²) in [5.41, 5.74) is 14.1. The van der Waals surface area contributed by atoms with Gasteiger partial charge in [-0.05, 0) is 79.0 Å². The molecule has 0 aliphatic heterocycles. The highest BCUT2D eigenvalue weighted by Crippen LogP contribution is 2.47. The number of allylic oxidation sites excluding steroid dienone is 1. The van der Waals surface area contributed by atoms with Crippen LogP contribution in [0.3, 0.4) is 0 Å². The van der Waals surface area contributed by atoms with Gasteiger partial charge in [0.1, 0.15) is 0 Å². The summed E-state index contributed by atoms with van der Waals surface area (Å²) in [5.74, 6) is -0.500. The van der Waals surface area contributed by atoms with E-state index in [0.717, 1.165) is 36.0 Å². The lowest BCUT2D eigenvalue weighted by molar-refractivity contribution is 0.100. The van der Waals surface area contributed by atoms with Crippen molar-refractivity contribution in [3.05, 3.63) is 127 Å². The van der Waals surface area contributed by atoms with Crippen LogP contribution >= 0.6 is 38.5 Å². The van der Waals surface area contributed by atoms with Gasteiger partial charge in [0.25, 0.3) is 5.91 Å². The van der Waals surface area contributed by atoms with Gasteiger partial charge in [0.05, 0.1) is 21.4 Å². The zero-order valence-corrected chi connectivity index (χ0v) is 21.2. The minimum atomic E-state index is -0.500. The molecule has 1 amide bonds. The number of benzene rings is 4. The fraction of sp³-hybridized carbons (Fsp3) is 0. The van der Waals surface area contributed by atoms with Crippen molar-refractivity contribution in [1.29, 1.82) is 0 Å². The van der Waals surface area contributed by atoms with E-state index in [1.807, 2.05) is 42.5 Å². The molecule has 0 fully saturated rings. The Balaban J connectivity index is 1.81. The number of carbonyl (C=O) groups excluding carboxylic acids is 1. The van der Waals surface area contributed by atoms with Crippen molar-refractivity contribution in [2.24, 2.45) is 10.7 Å². The highest BCUT2D eigenvalue weighted by molar-refractivity contribution is 14.1. The number of primary amides is 1. The fourth-order valence-electron chi connectivity index (χ4n) is 4.13. The lowest BCUT2D eigenvalue weighted by Gasteiger charge is -2.13. The Morgan fingerprint density at radius 1 is 0.758 bits per heavy atom. The Morgan fingerprint density at radius 2 is 1.30 bits per heavy atom. The molecule has 0 saturated heterocycles. The van der Waals surface area contributed by atoms with E-state index in [9.17, 15) is 4.79 Å². The van der Waals surface area contributed by atoms with Gasteiger partial charge in [-0.15, -0.1) is 0 Å². The van der Waals surface area contributed by atoms with Crippen molar-refractivity contribution in [2.75, 3.05) is 0 Å². The fourth-order valence-corrected chi connectivity index (χ4v) is 5.37. The van der Waals surface area contributed by atoms with Crippen LogP contribution in [0.4, 0.5) is 5.69 Å². The van der Waals surface area contributed by atoms with Crippen LogP contribution in [0.2, 0.25) is 0 Å². The molecular formula is C28H18BrIN2O. The number of fused-ring (bicyclic) bond motifs is 3. The standard InChI is InChI=1S/C28H18BrIN2O/c29-26(25-21-12-6-4-10-19(21)20-11-5-7-13-22(20)25)27(17-8-2-1-3-9-17)32-24-15-14-18(30)16-23(24)28(31)33/h1-16H,(H2,31,33). The third-order valence-corrected chi connectivity index (χ3v) is 7.06. The van der Waals surface area contributed by atoms with Gasteiger partial charge < -0.3 is 5.73 Å². The molecule has 0 atom stereocenters. The molecule has 0 spiro atoms. The number of hydrogen-bond acceptors (Lipinski definition) is 2. The van der Waals surface area contributed by atoms with Crippen LogP contribution in [0.25, 0.3) is 16.7 Å². The lowest BCUT2D eigenvalue weighted by atomic mass is 9.99. The average Bonchev–Trinajstić information content (AvgIpc) is 3.18. The van der Waals surface area contributed by atoms with Gasteiger partial charge in [-0.2, -0.15) is 0 Å². The van der Waals surface area contributed by atoms with Crippen LogP contribution in [-0.2, 0) is 0 Å². The van der Waals surface area contributed by atoms with Crippen LogP contribution in [0.5, 0.6) is 0 Å². The first kappa shape index (κ1) is 21.8. The van der Waals surface area contributed by atoms with E-state index in [4.69, 9.17) is 10.7 Å². The summed E-state index contributed by atoms with van der Waals surface area (Å²) in [6, 6.07) is 32.3. The zero-order chi connectivity index (χ0) is 22.9. The number of hydrogen-bond donors (Lipinski definition) is 1. The van der Waals surface area contributed by atoms with E-state index in [-0.39, 0.29) is 0 Å². The van der Waals surface area contributed by atoms with E-state index in [0.29, 0.717) is 11.3 Å². The molecule has 5 heteroatoms. The molecule has 5 rings (SSSR count). The highest BCUT2D eigenvalue weighted by Gasteiger charge is 2.27. The molecule has 0 bridgehead atoms. The molecule has 33 heavy (non-hydrogen) atoms. The number of amides is 1. The molecular weight excluding hydrogens is 587 g/mol. The monoisotopic (exact) mass is 604 g/mol. The van der Waals surface area contributed by atoms with Gasteiger partial charge in [-0.1, -0.05) is 78.9 Å². The largest absolute Gasteiger partial charge is 0.366 e. The Labute approximate surface area is 214 Å². The second-order valence-corrected chi connectivity index (χ2v) is 9.67. The summed E-state index contributed by atoms with van der Waals surface area (Å²) in [6.45, 7) is 0. The average molecular weight is 605 g/mol. The SMILES string of the molecule is NC(=O)c1cc(I)ccc1N=C(C(Br)=C1c2ccccc2-c2ccccc21)c1ccccc1. The zero-order valence-electron chi connectivity index (χ0n) is 17.4. The summed E-state index contributed by atoms with van der Waals surface area (Å²) in [5, 5.41) is 0. The third-order valence-electron chi connectivity index (χ3n) is 5.61. The molecule has 3 nitrogen and oxygen atoms in total. The number of nitrogens with zero attached hydrogens (tertiary/aromatic N) is 1. The first-order chi connectivity index (χ1) is 16.0. The maximum Gasteiger partial charge on any atom is 0.250 e.